The van der Waals surface area contributed by atoms with E-state index in [0.717, 1.165) is 25.2 Å². The van der Waals surface area contributed by atoms with Gasteiger partial charge in [-0.25, -0.2) is 0 Å². The number of aliphatic hydroxyl groups is 1. The van der Waals surface area contributed by atoms with Crippen LogP contribution in [0.3, 0.4) is 0 Å². The summed E-state index contributed by atoms with van der Waals surface area (Å²) in [5, 5.41) is 16.6. The van der Waals surface area contributed by atoms with Gasteiger partial charge >= 0.3 is 6.18 Å². The molecule has 2 aromatic rings. The Hall–Kier alpha value is -2.62. The van der Waals surface area contributed by atoms with Crippen LogP contribution in [0.2, 0.25) is 0 Å². The lowest BCUT2D eigenvalue weighted by Gasteiger charge is -2.33. The summed E-state index contributed by atoms with van der Waals surface area (Å²) < 4.78 is 37.7. The van der Waals surface area contributed by atoms with Crippen molar-refractivity contribution in [2.75, 3.05) is 44.6 Å². The summed E-state index contributed by atoms with van der Waals surface area (Å²) in [6.07, 6.45) is -2.67. The molecule has 1 amide bonds. The Kier molecular flexibility index (Phi) is 8.30. The van der Waals surface area contributed by atoms with Crippen LogP contribution in [-0.2, 0) is 13.0 Å². The maximum absolute atomic E-state index is 12.6. The van der Waals surface area contributed by atoms with Gasteiger partial charge in [0.05, 0.1) is 12.6 Å². The fraction of sp³-hybridized carbons (Fsp3) is 0.500. The lowest BCUT2D eigenvalue weighted by molar-refractivity contribution is -0.147. The molecule has 9 heteroatoms. The highest BCUT2D eigenvalue weighted by Crippen LogP contribution is 2.22. The summed E-state index contributed by atoms with van der Waals surface area (Å²) in [5.74, 6) is -0.267. The number of anilines is 1. The van der Waals surface area contributed by atoms with E-state index in [1.54, 1.807) is 18.2 Å². The molecule has 0 spiro atoms. The molecule has 2 aromatic carbocycles. The highest BCUT2D eigenvalue weighted by molar-refractivity contribution is 5.95. The van der Waals surface area contributed by atoms with Gasteiger partial charge in [-0.1, -0.05) is 30.3 Å². The Bertz CT molecular complexity index is 993. The molecule has 2 aliphatic rings. The van der Waals surface area contributed by atoms with Gasteiger partial charge in [-0.3, -0.25) is 14.6 Å². The molecule has 0 aromatic heterocycles. The summed E-state index contributed by atoms with van der Waals surface area (Å²) in [6.45, 7) is 2.23. The number of alkyl halides is 3. The summed E-state index contributed by atoms with van der Waals surface area (Å²) >= 11 is 0. The van der Waals surface area contributed by atoms with Gasteiger partial charge in [0.1, 0.15) is 0 Å². The zero-order chi connectivity index (χ0) is 24.8. The monoisotopic (exact) mass is 490 g/mol. The van der Waals surface area contributed by atoms with Gasteiger partial charge in [0.25, 0.3) is 5.91 Å². The summed E-state index contributed by atoms with van der Waals surface area (Å²) in [6, 6.07) is 15.5. The maximum Gasteiger partial charge on any atom is 0.401 e. The zero-order valence-corrected chi connectivity index (χ0v) is 19.7. The number of fused-ring (bicyclic) bond motifs is 1. The first-order valence-corrected chi connectivity index (χ1v) is 12.2. The number of benzene rings is 2. The number of rotatable bonds is 8. The first kappa shape index (κ1) is 25.5. The second-order valence-corrected chi connectivity index (χ2v) is 9.51. The van der Waals surface area contributed by atoms with E-state index in [4.69, 9.17) is 0 Å². The van der Waals surface area contributed by atoms with Crippen molar-refractivity contribution in [2.24, 2.45) is 0 Å². The number of carbonyl (C=O) groups excluding carboxylic acids is 1. The number of carbonyl (C=O) groups is 1. The van der Waals surface area contributed by atoms with Gasteiger partial charge in [-0.15, -0.1) is 0 Å². The Morgan fingerprint density at radius 2 is 1.77 bits per heavy atom. The van der Waals surface area contributed by atoms with Crippen molar-refractivity contribution in [3.63, 3.8) is 0 Å². The maximum atomic E-state index is 12.6. The van der Waals surface area contributed by atoms with E-state index < -0.39 is 18.8 Å². The molecule has 4 rings (SSSR count). The highest BCUT2D eigenvalue weighted by atomic mass is 19.4. The number of hydrogen-bond acceptors (Lipinski definition) is 5. The molecule has 1 saturated heterocycles. The summed E-state index contributed by atoms with van der Waals surface area (Å²) in [5.41, 5.74) is 3.88. The molecular weight excluding hydrogens is 457 g/mol. The van der Waals surface area contributed by atoms with Crippen molar-refractivity contribution in [1.82, 2.24) is 15.1 Å². The average molecular weight is 491 g/mol. The molecular formula is C26H33F3N4O2. The number of nitrogens with one attached hydrogen (secondary N) is 2. The number of nitrogens with zero attached hydrogens (tertiary/aromatic N) is 2. The average Bonchev–Trinajstić information content (AvgIpc) is 2.83. The van der Waals surface area contributed by atoms with E-state index in [-0.39, 0.29) is 18.5 Å². The first-order valence-electron chi connectivity index (χ1n) is 12.2. The van der Waals surface area contributed by atoms with Gasteiger partial charge < -0.3 is 15.7 Å². The van der Waals surface area contributed by atoms with Crippen molar-refractivity contribution in [1.29, 1.82) is 0 Å². The number of piperidine rings is 1. The van der Waals surface area contributed by atoms with E-state index >= 15 is 0 Å². The van der Waals surface area contributed by atoms with Crippen molar-refractivity contribution in [2.45, 2.75) is 44.1 Å². The van der Waals surface area contributed by atoms with Crippen molar-refractivity contribution < 1.29 is 23.1 Å². The third-order valence-corrected chi connectivity index (χ3v) is 6.66. The molecule has 1 atom stereocenters. The first-order chi connectivity index (χ1) is 16.7. The lowest BCUT2D eigenvalue weighted by Crippen LogP contribution is -2.43. The van der Waals surface area contributed by atoms with Gasteiger partial charge in [0.2, 0.25) is 0 Å². The van der Waals surface area contributed by atoms with Crippen LogP contribution >= 0.6 is 0 Å². The molecule has 0 aliphatic carbocycles. The minimum absolute atomic E-state index is 0.0642. The number of amides is 1. The van der Waals surface area contributed by atoms with Gasteiger partial charge in [0, 0.05) is 56.6 Å². The number of aliphatic hydroxyl groups excluding tert-OH is 1. The van der Waals surface area contributed by atoms with Crippen LogP contribution in [0.25, 0.3) is 0 Å². The van der Waals surface area contributed by atoms with Crippen LogP contribution in [0.1, 0.15) is 34.3 Å². The van der Waals surface area contributed by atoms with Crippen molar-refractivity contribution in [3.05, 3.63) is 65.2 Å². The second-order valence-electron chi connectivity index (χ2n) is 9.51. The quantitative estimate of drug-likeness (QED) is 0.530. The normalized spacial score (nSPS) is 18.6. The fourth-order valence-corrected chi connectivity index (χ4v) is 4.86. The fourth-order valence-electron chi connectivity index (χ4n) is 4.86. The van der Waals surface area contributed by atoms with Crippen LogP contribution in [0.5, 0.6) is 0 Å². The van der Waals surface area contributed by atoms with Crippen LogP contribution in [0.15, 0.2) is 48.5 Å². The molecule has 2 aliphatic heterocycles. The number of hydrogen-bond donors (Lipinski definition) is 3. The molecule has 2 heterocycles. The van der Waals surface area contributed by atoms with E-state index in [1.807, 2.05) is 18.2 Å². The van der Waals surface area contributed by atoms with Gasteiger partial charge in [-0.05, 0) is 48.6 Å². The molecule has 35 heavy (non-hydrogen) atoms. The topological polar surface area (TPSA) is 67.8 Å². The predicted octanol–water partition coefficient (Wildman–Crippen LogP) is 3.27. The minimum atomic E-state index is -4.17. The SMILES string of the molecule is O=C(NC[C@H](O)CN1CCc2ccccc2C1)c1cccc(NC2CCN(CC(F)(F)F)CC2)c1. The molecule has 1 fully saturated rings. The molecule has 3 N–H and O–H groups in total. The zero-order valence-electron chi connectivity index (χ0n) is 19.7. The number of halogens is 3. The third-order valence-electron chi connectivity index (χ3n) is 6.66. The van der Waals surface area contributed by atoms with E-state index in [0.29, 0.717) is 38.0 Å². The van der Waals surface area contributed by atoms with E-state index in [2.05, 4.69) is 27.7 Å². The highest BCUT2D eigenvalue weighted by Gasteiger charge is 2.32. The van der Waals surface area contributed by atoms with Gasteiger partial charge in [-0.2, -0.15) is 13.2 Å². The Morgan fingerprint density at radius 1 is 1.03 bits per heavy atom. The Balaban J connectivity index is 1.21. The Labute approximate surface area is 204 Å². The molecule has 0 saturated carbocycles. The van der Waals surface area contributed by atoms with E-state index in [1.165, 1.54) is 16.0 Å². The number of likely N-dealkylation sites (tertiary alicyclic amines) is 1. The van der Waals surface area contributed by atoms with E-state index in [9.17, 15) is 23.1 Å². The van der Waals surface area contributed by atoms with Crippen LogP contribution < -0.4 is 10.6 Å². The molecule has 0 radical (unpaired) electrons. The predicted molar refractivity (Wildman–Crippen MR) is 129 cm³/mol. The second kappa shape index (κ2) is 11.4. The molecule has 0 bridgehead atoms. The Morgan fingerprint density at radius 3 is 2.51 bits per heavy atom. The van der Waals surface area contributed by atoms with Crippen molar-refractivity contribution >= 4 is 11.6 Å². The van der Waals surface area contributed by atoms with Crippen LogP contribution in [0.4, 0.5) is 18.9 Å². The molecule has 6 nitrogen and oxygen atoms in total. The smallest absolute Gasteiger partial charge is 0.390 e. The van der Waals surface area contributed by atoms with Crippen LogP contribution in [-0.4, -0.2) is 78.4 Å². The lowest BCUT2D eigenvalue weighted by atomic mass is 10.00. The largest absolute Gasteiger partial charge is 0.401 e. The minimum Gasteiger partial charge on any atom is -0.390 e. The van der Waals surface area contributed by atoms with Crippen molar-refractivity contribution in [3.8, 4) is 0 Å². The number of β-amino-alcohol motifs (C(OH)–C–C–N with tert-alkyl or cyclic N) is 1. The van der Waals surface area contributed by atoms with Crippen LogP contribution in [0, 0.1) is 0 Å². The standard InChI is InChI=1S/C26H33F3N4O2/c27-26(28,29)18-32-12-9-22(10-13-32)31-23-7-3-6-20(14-23)25(35)30-15-24(34)17-33-11-8-19-4-1-2-5-21(19)16-33/h1-7,14,22,24,31,34H,8-13,15-18H2,(H,30,35)/t24-/m0/s1. The molecule has 190 valence electrons. The van der Waals surface area contributed by atoms with Gasteiger partial charge in [0.15, 0.2) is 0 Å². The summed E-state index contributed by atoms with van der Waals surface area (Å²) in [4.78, 5) is 16.3. The third kappa shape index (κ3) is 7.68. The summed E-state index contributed by atoms with van der Waals surface area (Å²) in [7, 11) is 0. The molecule has 0 unspecified atom stereocenters.